The van der Waals surface area contributed by atoms with Crippen LogP contribution in [-0.2, 0) is 16.3 Å². The number of nitrogens with zero attached hydrogens (tertiary/aromatic N) is 2. The molecule has 1 aliphatic carbocycles. The predicted octanol–water partition coefficient (Wildman–Crippen LogP) is 2.70. The number of carbonyl (C=O) groups is 1. The van der Waals surface area contributed by atoms with E-state index < -0.39 is 15.7 Å². The summed E-state index contributed by atoms with van der Waals surface area (Å²) in [5.74, 6) is 0.264. The molecule has 1 heterocycles. The van der Waals surface area contributed by atoms with Crippen LogP contribution in [0.5, 0.6) is 0 Å². The molecule has 1 saturated carbocycles. The Hall–Kier alpha value is -2.22. The Balaban J connectivity index is 1.56. The summed E-state index contributed by atoms with van der Waals surface area (Å²) in [4.78, 5) is 16.5. The fraction of sp³-hybridized carbons (Fsp3) is 0.526. The summed E-state index contributed by atoms with van der Waals surface area (Å²) in [6.07, 6.45) is 4.17. The van der Waals surface area contributed by atoms with Gasteiger partial charge in [-0.1, -0.05) is 29.8 Å². The number of sulfone groups is 1. The maximum atomic E-state index is 12.4. The van der Waals surface area contributed by atoms with Crippen molar-refractivity contribution in [2.24, 2.45) is 5.92 Å². The average Bonchev–Trinajstić information content (AvgIpc) is 3.12. The molecular formula is C19H25N3O4S. The van der Waals surface area contributed by atoms with Crippen molar-refractivity contribution in [1.29, 1.82) is 0 Å². The Kier molecular flexibility index (Phi) is 5.94. The van der Waals surface area contributed by atoms with Crippen LogP contribution < -0.4 is 5.32 Å². The van der Waals surface area contributed by atoms with Crippen LogP contribution >= 0.6 is 0 Å². The van der Waals surface area contributed by atoms with Gasteiger partial charge in [-0.3, -0.25) is 4.79 Å². The zero-order valence-corrected chi connectivity index (χ0v) is 16.5. The van der Waals surface area contributed by atoms with E-state index in [0.717, 1.165) is 31.2 Å². The van der Waals surface area contributed by atoms with E-state index in [1.54, 1.807) is 24.3 Å². The molecule has 0 spiro atoms. The van der Waals surface area contributed by atoms with E-state index in [2.05, 4.69) is 22.4 Å². The molecule has 3 rings (SSSR count). The van der Waals surface area contributed by atoms with Gasteiger partial charge in [-0.2, -0.15) is 4.98 Å². The normalized spacial score (nSPS) is 20.4. The molecule has 2 aromatic rings. The second-order valence-corrected chi connectivity index (χ2v) is 9.44. The van der Waals surface area contributed by atoms with E-state index in [4.69, 9.17) is 4.52 Å². The van der Waals surface area contributed by atoms with Gasteiger partial charge in [-0.15, -0.1) is 0 Å². The number of hydrogen-bond acceptors (Lipinski definition) is 6. The van der Waals surface area contributed by atoms with E-state index in [1.165, 1.54) is 0 Å². The van der Waals surface area contributed by atoms with E-state index in [1.807, 2.05) is 6.92 Å². The van der Waals surface area contributed by atoms with Crippen molar-refractivity contribution in [3.63, 3.8) is 0 Å². The second kappa shape index (κ2) is 8.21. The molecule has 1 aliphatic rings. The lowest BCUT2D eigenvalue weighted by atomic mass is 9.87. The smallest absolute Gasteiger partial charge is 0.315 e. The first-order valence-corrected chi connectivity index (χ1v) is 10.9. The number of rotatable bonds is 6. The number of benzene rings is 1. The Morgan fingerprint density at radius 2 is 1.85 bits per heavy atom. The van der Waals surface area contributed by atoms with Gasteiger partial charge >= 0.3 is 11.8 Å². The van der Waals surface area contributed by atoms with E-state index in [-0.39, 0.29) is 34.8 Å². The molecular weight excluding hydrogens is 366 g/mol. The lowest BCUT2D eigenvalue weighted by molar-refractivity contribution is 0.0878. The summed E-state index contributed by atoms with van der Waals surface area (Å²) in [7, 11) is -3.44. The first-order chi connectivity index (χ1) is 12.8. The summed E-state index contributed by atoms with van der Waals surface area (Å²) in [5.41, 5.74) is 0.996. The van der Waals surface area contributed by atoms with E-state index >= 15 is 0 Å². The standard InChI is InChI=1S/C19H25N3O4S/c1-13-3-7-15(8-4-13)20-18(23)19-21-17(22-26-19)11-12-27(24,25)16-9-5-14(2)6-10-16/h5-6,9-10,13,15H,3-4,7-8,11-12H2,1-2H3,(H,20,23). The van der Waals surface area contributed by atoms with Crippen LogP contribution in [0, 0.1) is 12.8 Å². The third kappa shape index (κ3) is 5.15. The van der Waals surface area contributed by atoms with Gasteiger partial charge in [0.2, 0.25) is 0 Å². The first kappa shape index (κ1) is 19.5. The molecule has 1 N–H and O–H groups in total. The SMILES string of the molecule is Cc1ccc(S(=O)(=O)CCc2noc(C(=O)NC3CCC(C)CC3)n2)cc1. The van der Waals surface area contributed by atoms with Gasteiger partial charge in [0, 0.05) is 12.5 Å². The Morgan fingerprint density at radius 3 is 2.52 bits per heavy atom. The van der Waals surface area contributed by atoms with Gasteiger partial charge in [0.25, 0.3) is 0 Å². The minimum atomic E-state index is -3.44. The third-order valence-electron chi connectivity index (χ3n) is 4.99. The molecule has 27 heavy (non-hydrogen) atoms. The van der Waals surface area contributed by atoms with Crippen molar-refractivity contribution in [2.75, 3.05) is 5.75 Å². The fourth-order valence-electron chi connectivity index (χ4n) is 3.19. The van der Waals surface area contributed by atoms with Crippen LogP contribution in [0.4, 0.5) is 0 Å². The van der Waals surface area contributed by atoms with Crippen LogP contribution in [0.15, 0.2) is 33.7 Å². The van der Waals surface area contributed by atoms with Crippen molar-refractivity contribution >= 4 is 15.7 Å². The second-order valence-electron chi connectivity index (χ2n) is 7.33. The lowest BCUT2D eigenvalue weighted by Crippen LogP contribution is -2.37. The predicted molar refractivity (Wildman–Crippen MR) is 100 cm³/mol. The molecule has 1 aromatic carbocycles. The summed E-state index contributed by atoms with van der Waals surface area (Å²) in [6, 6.07) is 6.83. The Labute approximate surface area is 159 Å². The van der Waals surface area contributed by atoms with Crippen LogP contribution in [0.3, 0.4) is 0 Å². The Bertz CT molecular complexity index is 882. The van der Waals surface area contributed by atoms with Crippen LogP contribution in [0.25, 0.3) is 0 Å². The number of carbonyl (C=O) groups excluding carboxylic acids is 1. The third-order valence-corrected chi connectivity index (χ3v) is 6.72. The van der Waals surface area contributed by atoms with Crippen molar-refractivity contribution < 1.29 is 17.7 Å². The maximum Gasteiger partial charge on any atom is 0.315 e. The highest BCUT2D eigenvalue weighted by atomic mass is 32.2. The number of hydrogen-bond donors (Lipinski definition) is 1. The molecule has 0 bridgehead atoms. The van der Waals surface area contributed by atoms with E-state index in [9.17, 15) is 13.2 Å². The molecule has 0 radical (unpaired) electrons. The highest BCUT2D eigenvalue weighted by Gasteiger charge is 2.23. The minimum absolute atomic E-state index is 0.0912. The highest BCUT2D eigenvalue weighted by molar-refractivity contribution is 7.91. The summed E-state index contributed by atoms with van der Waals surface area (Å²) in [5, 5.41) is 6.66. The fourth-order valence-corrected chi connectivity index (χ4v) is 4.43. The first-order valence-electron chi connectivity index (χ1n) is 9.26. The van der Waals surface area contributed by atoms with Crippen molar-refractivity contribution in [3.05, 3.63) is 41.5 Å². The van der Waals surface area contributed by atoms with Crippen LogP contribution in [0.2, 0.25) is 0 Å². The van der Waals surface area contributed by atoms with Gasteiger partial charge < -0.3 is 9.84 Å². The van der Waals surface area contributed by atoms with Gasteiger partial charge in [0.05, 0.1) is 10.6 Å². The van der Waals surface area contributed by atoms with Gasteiger partial charge in [-0.05, 0) is 50.7 Å². The van der Waals surface area contributed by atoms with Crippen molar-refractivity contribution in [1.82, 2.24) is 15.5 Å². The van der Waals surface area contributed by atoms with Crippen LogP contribution in [0.1, 0.15) is 54.7 Å². The van der Waals surface area contributed by atoms with Crippen molar-refractivity contribution in [2.45, 2.75) is 56.9 Å². The zero-order valence-electron chi connectivity index (χ0n) is 15.6. The molecule has 0 unspecified atom stereocenters. The van der Waals surface area contributed by atoms with Crippen molar-refractivity contribution in [3.8, 4) is 0 Å². The molecule has 7 nitrogen and oxygen atoms in total. The van der Waals surface area contributed by atoms with Gasteiger partial charge in [0.15, 0.2) is 15.7 Å². The molecule has 1 aromatic heterocycles. The molecule has 1 fully saturated rings. The number of amides is 1. The minimum Gasteiger partial charge on any atom is -0.345 e. The monoisotopic (exact) mass is 391 g/mol. The number of aryl methyl sites for hydroxylation is 2. The largest absolute Gasteiger partial charge is 0.345 e. The highest BCUT2D eigenvalue weighted by Crippen LogP contribution is 2.23. The zero-order chi connectivity index (χ0) is 19.4. The average molecular weight is 391 g/mol. The molecule has 0 aliphatic heterocycles. The quantitative estimate of drug-likeness (QED) is 0.812. The van der Waals surface area contributed by atoms with Gasteiger partial charge in [0.1, 0.15) is 0 Å². The van der Waals surface area contributed by atoms with Gasteiger partial charge in [-0.25, -0.2) is 8.42 Å². The number of aromatic nitrogens is 2. The summed E-state index contributed by atoms with van der Waals surface area (Å²) < 4.78 is 29.8. The molecule has 146 valence electrons. The molecule has 0 saturated heterocycles. The number of nitrogens with one attached hydrogen (secondary N) is 1. The molecule has 0 atom stereocenters. The van der Waals surface area contributed by atoms with E-state index in [0.29, 0.717) is 5.92 Å². The maximum absolute atomic E-state index is 12.4. The molecule has 1 amide bonds. The summed E-state index contributed by atoms with van der Waals surface area (Å²) >= 11 is 0. The molecule has 8 heteroatoms. The topological polar surface area (TPSA) is 102 Å². The Morgan fingerprint density at radius 1 is 1.19 bits per heavy atom. The summed E-state index contributed by atoms with van der Waals surface area (Å²) in [6.45, 7) is 4.11. The van der Waals surface area contributed by atoms with Crippen LogP contribution in [-0.4, -0.2) is 36.3 Å². The lowest BCUT2D eigenvalue weighted by Gasteiger charge is -2.26.